The minimum absolute atomic E-state index is 0. The topological polar surface area (TPSA) is 44.9 Å². The van der Waals surface area contributed by atoms with Crippen molar-refractivity contribution >= 4 is 11.5 Å². The van der Waals surface area contributed by atoms with Crippen molar-refractivity contribution < 1.29 is 36.1 Å². The van der Waals surface area contributed by atoms with Crippen LogP contribution >= 0.6 is 0 Å². The van der Waals surface area contributed by atoms with E-state index in [1.165, 1.54) is 22.6 Å². The highest BCUT2D eigenvalue weighted by Crippen LogP contribution is 2.40. The van der Waals surface area contributed by atoms with E-state index in [0.717, 1.165) is 42.9 Å². The molecule has 2 aromatic rings. The summed E-state index contributed by atoms with van der Waals surface area (Å²) in [6, 6.07) is 12.4. The summed E-state index contributed by atoms with van der Waals surface area (Å²) < 4.78 is 13.6. The largest absolute Gasteiger partial charge is 1.00 e. The summed E-state index contributed by atoms with van der Waals surface area (Å²) in [6.07, 6.45) is 3.24. The lowest BCUT2D eigenvalue weighted by atomic mass is 10.0. The van der Waals surface area contributed by atoms with Gasteiger partial charge < -0.3 is 31.6 Å². The minimum Gasteiger partial charge on any atom is -1.00 e. The van der Waals surface area contributed by atoms with Crippen LogP contribution in [0.1, 0.15) is 36.0 Å². The predicted octanol–water partition coefficient (Wildman–Crippen LogP) is 0.339. The molecule has 0 saturated heterocycles. The summed E-state index contributed by atoms with van der Waals surface area (Å²) in [5.74, 6) is 2.70. The van der Waals surface area contributed by atoms with E-state index in [0.29, 0.717) is 19.8 Å². The lowest BCUT2D eigenvalue weighted by molar-refractivity contribution is -0.661. The first kappa shape index (κ1) is 20.2. The molecule has 0 bridgehead atoms. The van der Waals surface area contributed by atoms with Gasteiger partial charge in [0, 0.05) is 12.0 Å². The highest BCUT2D eigenvalue weighted by atomic mass is 79.9. The number of ether oxygens (including phenoxy) is 2. The molecule has 5 rings (SSSR count). The van der Waals surface area contributed by atoms with Gasteiger partial charge in [-0.25, -0.2) is 9.48 Å². The first-order chi connectivity index (χ1) is 13.6. The Labute approximate surface area is 182 Å². The molecule has 3 aliphatic rings. The van der Waals surface area contributed by atoms with Crippen LogP contribution in [0.2, 0.25) is 0 Å². The van der Waals surface area contributed by atoms with Gasteiger partial charge >= 0.3 is 0 Å². The van der Waals surface area contributed by atoms with Crippen molar-refractivity contribution in [3.05, 3.63) is 53.1 Å². The number of fused-ring (bicyclic) bond motifs is 1. The molecule has 6 heteroatoms. The second-order valence-corrected chi connectivity index (χ2v) is 8.08. The zero-order valence-corrected chi connectivity index (χ0v) is 18.5. The minimum atomic E-state index is -1.07. The van der Waals surface area contributed by atoms with Crippen LogP contribution in [0.4, 0.5) is 5.69 Å². The number of hydrogen-bond donors (Lipinski definition) is 1. The van der Waals surface area contributed by atoms with E-state index in [1.807, 2.05) is 18.2 Å². The number of aryl methyl sites for hydroxylation is 2. The second-order valence-electron chi connectivity index (χ2n) is 8.08. The van der Waals surface area contributed by atoms with Crippen LogP contribution in [0.3, 0.4) is 0 Å². The van der Waals surface area contributed by atoms with Gasteiger partial charge in [-0.2, -0.15) is 0 Å². The highest BCUT2D eigenvalue weighted by Gasteiger charge is 2.53. The number of aliphatic hydroxyl groups is 1. The Bertz CT molecular complexity index is 975. The summed E-state index contributed by atoms with van der Waals surface area (Å²) >= 11 is 0. The molecule has 1 atom stereocenters. The summed E-state index contributed by atoms with van der Waals surface area (Å²) in [5.41, 5.74) is 3.45. The van der Waals surface area contributed by atoms with Gasteiger partial charge in [-0.15, -0.1) is 0 Å². The maximum atomic E-state index is 11.9. The number of amidine groups is 1. The number of β-amino-alcohol motifs (C(OH)–C–C–N with tert-alkyl or cyclic N) is 1. The van der Waals surface area contributed by atoms with Crippen molar-refractivity contribution in [2.45, 2.75) is 38.8 Å². The molecule has 5 nitrogen and oxygen atoms in total. The Hall–Kier alpha value is -2.05. The lowest BCUT2D eigenvalue weighted by Gasteiger charge is -2.26. The molecule has 1 N–H and O–H groups in total. The summed E-state index contributed by atoms with van der Waals surface area (Å²) in [4.78, 5) is 2.32. The summed E-state index contributed by atoms with van der Waals surface area (Å²) in [7, 11) is 0. The van der Waals surface area contributed by atoms with Gasteiger partial charge in [0.05, 0.1) is 6.54 Å². The molecule has 1 unspecified atom stereocenters. The van der Waals surface area contributed by atoms with Crippen LogP contribution in [0.5, 0.6) is 11.5 Å². The van der Waals surface area contributed by atoms with E-state index in [2.05, 4.69) is 41.5 Å². The van der Waals surface area contributed by atoms with Crippen LogP contribution < -0.4 is 31.4 Å². The van der Waals surface area contributed by atoms with E-state index in [4.69, 9.17) is 9.47 Å². The molecule has 3 aliphatic heterocycles. The average Bonchev–Trinajstić information content (AvgIpc) is 3.03. The third kappa shape index (κ3) is 3.32. The number of nitrogens with zero attached hydrogens (tertiary/aromatic N) is 2. The van der Waals surface area contributed by atoms with E-state index in [-0.39, 0.29) is 17.0 Å². The Morgan fingerprint density at radius 2 is 1.79 bits per heavy atom. The molecule has 0 saturated carbocycles. The Kier molecular flexibility index (Phi) is 5.34. The third-order valence-electron chi connectivity index (χ3n) is 6.14. The molecule has 3 heterocycles. The lowest BCUT2D eigenvalue weighted by Crippen LogP contribution is -3.00. The zero-order chi connectivity index (χ0) is 19.3. The SMILES string of the molecule is Cc1ccc(C)c(N2CC(O)(c3ccc4c(c3)OCCO4)[N+]3=C2CCCC3)c1.[Br-]. The molecule has 0 aromatic heterocycles. The number of benzene rings is 2. The summed E-state index contributed by atoms with van der Waals surface area (Å²) in [5, 5.41) is 11.9. The molecule has 0 amide bonds. The van der Waals surface area contributed by atoms with E-state index >= 15 is 0 Å². The molecule has 29 heavy (non-hydrogen) atoms. The van der Waals surface area contributed by atoms with Crippen LogP contribution in [-0.4, -0.2) is 41.8 Å². The van der Waals surface area contributed by atoms with Crippen molar-refractivity contribution in [1.82, 2.24) is 0 Å². The van der Waals surface area contributed by atoms with Gasteiger partial charge in [0.2, 0.25) is 0 Å². The maximum absolute atomic E-state index is 11.9. The fraction of sp³-hybridized carbons (Fsp3) is 0.435. The first-order valence-electron chi connectivity index (χ1n) is 10.2. The van der Waals surface area contributed by atoms with Crippen LogP contribution in [0, 0.1) is 13.8 Å². The van der Waals surface area contributed by atoms with Crippen molar-refractivity contribution in [2.24, 2.45) is 0 Å². The number of rotatable bonds is 2. The molecular weight excluding hydrogens is 432 g/mol. The standard InChI is InChI=1S/C23H27N2O3.BrH/c1-16-6-7-17(2)19(13-16)24-15-23(26,25-10-4-3-5-22(24)25)18-8-9-20-21(14-18)28-12-11-27-20;/h6-9,13-14,26H,3-5,10-12,15H2,1-2H3;1H/q+1;/p-1. The van der Waals surface area contributed by atoms with Gasteiger partial charge in [0.1, 0.15) is 18.9 Å². The summed E-state index contributed by atoms with van der Waals surface area (Å²) in [6.45, 7) is 6.76. The van der Waals surface area contributed by atoms with E-state index in [1.54, 1.807) is 0 Å². The molecular formula is C23H27BrN2O3. The number of anilines is 1. The smallest absolute Gasteiger partial charge is 0.271 e. The van der Waals surface area contributed by atoms with Crippen molar-refractivity contribution in [1.29, 1.82) is 0 Å². The molecule has 0 aliphatic carbocycles. The van der Waals surface area contributed by atoms with Crippen molar-refractivity contribution in [3.63, 3.8) is 0 Å². The van der Waals surface area contributed by atoms with Gasteiger partial charge in [-0.1, -0.05) is 12.1 Å². The average molecular weight is 459 g/mol. The maximum Gasteiger partial charge on any atom is 0.271 e. The van der Waals surface area contributed by atoms with E-state index < -0.39 is 5.72 Å². The Balaban J connectivity index is 0.00000205. The van der Waals surface area contributed by atoms with Gasteiger partial charge in [0.15, 0.2) is 18.0 Å². The molecule has 0 spiro atoms. The van der Waals surface area contributed by atoms with Crippen LogP contribution in [-0.2, 0) is 5.72 Å². The molecule has 2 aromatic carbocycles. The quantitative estimate of drug-likeness (QED) is 0.659. The van der Waals surface area contributed by atoms with Gasteiger partial charge in [0.25, 0.3) is 11.6 Å². The fourth-order valence-electron chi connectivity index (χ4n) is 4.67. The molecule has 154 valence electrons. The third-order valence-corrected chi connectivity index (χ3v) is 6.14. The zero-order valence-electron chi connectivity index (χ0n) is 16.9. The normalized spacial score (nSPS) is 22.9. The second kappa shape index (κ2) is 7.65. The van der Waals surface area contributed by atoms with Gasteiger partial charge in [-0.05, 0) is 62.1 Å². The number of halogens is 1. The van der Waals surface area contributed by atoms with Crippen molar-refractivity contribution in [3.8, 4) is 11.5 Å². The first-order valence-corrected chi connectivity index (χ1v) is 10.2. The highest BCUT2D eigenvalue weighted by molar-refractivity contribution is 5.96. The predicted molar refractivity (Wildman–Crippen MR) is 109 cm³/mol. The Morgan fingerprint density at radius 3 is 2.62 bits per heavy atom. The van der Waals surface area contributed by atoms with Crippen LogP contribution in [0.25, 0.3) is 0 Å². The Morgan fingerprint density at radius 1 is 1.00 bits per heavy atom. The number of hydrogen-bond acceptors (Lipinski definition) is 4. The fourth-order valence-corrected chi connectivity index (χ4v) is 4.67. The van der Waals surface area contributed by atoms with E-state index in [9.17, 15) is 5.11 Å². The van der Waals surface area contributed by atoms with Crippen molar-refractivity contribution in [2.75, 3.05) is 31.2 Å². The molecule has 0 fully saturated rings. The van der Waals surface area contributed by atoms with Crippen LogP contribution in [0.15, 0.2) is 36.4 Å². The molecule has 0 radical (unpaired) electrons. The van der Waals surface area contributed by atoms with Gasteiger partial charge in [-0.3, -0.25) is 0 Å². The monoisotopic (exact) mass is 458 g/mol.